The summed E-state index contributed by atoms with van der Waals surface area (Å²) in [5.41, 5.74) is 6.75. The van der Waals surface area contributed by atoms with Gasteiger partial charge in [-0.2, -0.15) is 0 Å². The highest BCUT2D eigenvalue weighted by atomic mass is 79.9. The van der Waals surface area contributed by atoms with Crippen LogP contribution in [0.2, 0.25) is 5.02 Å². The molecule has 1 heterocycles. The number of benzene rings is 4. The van der Waals surface area contributed by atoms with Crippen LogP contribution in [0.3, 0.4) is 0 Å². The SMILES string of the molecule is Clc1ccc(OCc2ccc(Br)cc2)c(C=Nc2ccc([C@@H]3Nc4ccccc4[C@H]4C=CC[C@H]43)cc2)c1. The van der Waals surface area contributed by atoms with Gasteiger partial charge in [-0.15, -0.1) is 0 Å². The number of fused-ring (bicyclic) bond motifs is 3. The van der Waals surface area contributed by atoms with E-state index in [0.29, 0.717) is 23.5 Å². The highest BCUT2D eigenvalue weighted by Crippen LogP contribution is 2.49. The van der Waals surface area contributed by atoms with Gasteiger partial charge in [-0.05, 0) is 77.6 Å². The average molecular weight is 570 g/mol. The highest BCUT2D eigenvalue weighted by molar-refractivity contribution is 9.10. The van der Waals surface area contributed by atoms with Crippen LogP contribution in [0.4, 0.5) is 11.4 Å². The van der Waals surface area contributed by atoms with Crippen LogP contribution in [0.5, 0.6) is 5.75 Å². The number of ether oxygens (including phenoxy) is 1. The van der Waals surface area contributed by atoms with Crippen molar-refractivity contribution < 1.29 is 4.74 Å². The Morgan fingerprint density at radius 2 is 1.78 bits per heavy atom. The number of nitrogens with zero attached hydrogens (tertiary/aromatic N) is 1. The summed E-state index contributed by atoms with van der Waals surface area (Å²) in [4.78, 5) is 4.73. The van der Waals surface area contributed by atoms with Gasteiger partial charge >= 0.3 is 0 Å². The fourth-order valence-corrected chi connectivity index (χ4v) is 5.72. The van der Waals surface area contributed by atoms with Crippen LogP contribution in [0.25, 0.3) is 0 Å². The molecule has 4 aromatic rings. The molecule has 0 amide bonds. The number of nitrogens with one attached hydrogen (secondary N) is 1. The van der Waals surface area contributed by atoms with E-state index < -0.39 is 0 Å². The molecule has 184 valence electrons. The summed E-state index contributed by atoms with van der Waals surface area (Å²) in [6.45, 7) is 0.471. The molecule has 1 aliphatic carbocycles. The molecule has 0 saturated carbocycles. The summed E-state index contributed by atoms with van der Waals surface area (Å²) in [7, 11) is 0. The van der Waals surface area contributed by atoms with E-state index in [2.05, 4.69) is 81.9 Å². The van der Waals surface area contributed by atoms with Gasteiger partial charge in [-0.25, -0.2) is 0 Å². The predicted molar refractivity (Wildman–Crippen MR) is 156 cm³/mol. The number of aliphatic imine (C=N–C) groups is 1. The van der Waals surface area contributed by atoms with Crippen molar-refractivity contribution in [3.8, 4) is 5.75 Å². The smallest absolute Gasteiger partial charge is 0.128 e. The van der Waals surface area contributed by atoms with Crippen molar-refractivity contribution in [1.29, 1.82) is 0 Å². The molecule has 0 bridgehead atoms. The molecule has 0 radical (unpaired) electrons. The first-order valence-corrected chi connectivity index (χ1v) is 13.6. The van der Waals surface area contributed by atoms with E-state index in [1.807, 2.05) is 48.7 Å². The lowest BCUT2D eigenvalue weighted by atomic mass is 9.77. The zero-order chi connectivity index (χ0) is 25.2. The minimum Gasteiger partial charge on any atom is -0.488 e. The molecule has 37 heavy (non-hydrogen) atoms. The van der Waals surface area contributed by atoms with Gasteiger partial charge in [-0.1, -0.05) is 82.1 Å². The van der Waals surface area contributed by atoms with E-state index in [4.69, 9.17) is 21.3 Å². The van der Waals surface area contributed by atoms with Crippen molar-refractivity contribution in [2.75, 3.05) is 5.32 Å². The Bertz CT molecular complexity index is 1460. The minimum absolute atomic E-state index is 0.277. The summed E-state index contributed by atoms with van der Waals surface area (Å²) in [6.07, 6.45) is 7.61. The maximum atomic E-state index is 6.29. The Morgan fingerprint density at radius 1 is 0.973 bits per heavy atom. The summed E-state index contributed by atoms with van der Waals surface area (Å²) < 4.78 is 7.14. The van der Waals surface area contributed by atoms with E-state index >= 15 is 0 Å². The third-order valence-electron chi connectivity index (χ3n) is 7.16. The molecule has 5 heteroatoms. The van der Waals surface area contributed by atoms with Crippen molar-refractivity contribution in [3.63, 3.8) is 0 Å². The van der Waals surface area contributed by atoms with Crippen LogP contribution >= 0.6 is 27.5 Å². The molecule has 1 N–H and O–H groups in total. The Kier molecular flexibility index (Phi) is 6.86. The molecule has 0 fully saturated rings. The van der Waals surface area contributed by atoms with Gasteiger partial charge in [0.15, 0.2) is 0 Å². The molecule has 2 aliphatic rings. The van der Waals surface area contributed by atoms with Crippen molar-refractivity contribution in [2.24, 2.45) is 10.9 Å². The number of hydrogen-bond donors (Lipinski definition) is 1. The van der Waals surface area contributed by atoms with Crippen molar-refractivity contribution in [2.45, 2.75) is 25.0 Å². The van der Waals surface area contributed by atoms with Gasteiger partial charge in [0, 0.05) is 32.9 Å². The summed E-state index contributed by atoms with van der Waals surface area (Å²) in [5.74, 6) is 1.75. The second-order valence-electron chi connectivity index (χ2n) is 9.51. The minimum atomic E-state index is 0.277. The Hall–Kier alpha value is -3.34. The molecular weight excluding hydrogens is 544 g/mol. The Labute approximate surface area is 231 Å². The normalized spacial score (nSPS) is 19.9. The molecule has 0 spiro atoms. The van der Waals surface area contributed by atoms with Crippen molar-refractivity contribution >= 4 is 45.1 Å². The van der Waals surface area contributed by atoms with E-state index in [0.717, 1.165) is 33.5 Å². The van der Waals surface area contributed by atoms with Gasteiger partial charge in [0.2, 0.25) is 0 Å². The van der Waals surface area contributed by atoms with Crippen LogP contribution in [-0.2, 0) is 6.61 Å². The number of halogens is 2. The highest BCUT2D eigenvalue weighted by Gasteiger charge is 2.37. The van der Waals surface area contributed by atoms with Gasteiger partial charge < -0.3 is 10.1 Å². The van der Waals surface area contributed by atoms with E-state index in [1.54, 1.807) is 0 Å². The second-order valence-corrected chi connectivity index (χ2v) is 10.9. The predicted octanol–water partition coefficient (Wildman–Crippen LogP) is 9.26. The van der Waals surface area contributed by atoms with Gasteiger partial charge in [-0.3, -0.25) is 4.99 Å². The molecule has 6 rings (SSSR count). The molecule has 0 aromatic heterocycles. The number of hydrogen-bond acceptors (Lipinski definition) is 3. The first-order chi connectivity index (χ1) is 18.1. The van der Waals surface area contributed by atoms with Gasteiger partial charge in [0.25, 0.3) is 0 Å². The molecular formula is C32H26BrClN2O. The lowest BCUT2D eigenvalue weighted by Crippen LogP contribution is -2.28. The molecule has 3 nitrogen and oxygen atoms in total. The maximum Gasteiger partial charge on any atom is 0.128 e. The Morgan fingerprint density at radius 3 is 2.62 bits per heavy atom. The zero-order valence-corrected chi connectivity index (χ0v) is 22.5. The third-order valence-corrected chi connectivity index (χ3v) is 7.92. The molecule has 0 saturated heterocycles. The fourth-order valence-electron chi connectivity index (χ4n) is 5.28. The Balaban J connectivity index is 1.18. The van der Waals surface area contributed by atoms with Gasteiger partial charge in [0.05, 0.1) is 11.7 Å². The monoisotopic (exact) mass is 568 g/mol. The number of rotatable bonds is 6. The largest absolute Gasteiger partial charge is 0.488 e. The molecule has 0 unspecified atom stereocenters. The summed E-state index contributed by atoms with van der Waals surface area (Å²) in [5, 5.41) is 4.44. The number of allylic oxidation sites excluding steroid dienone is 2. The fraction of sp³-hybridized carbons (Fsp3) is 0.156. The lowest BCUT2D eigenvalue weighted by molar-refractivity contribution is 0.306. The van der Waals surface area contributed by atoms with Crippen molar-refractivity contribution in [3.05, 3.63) is 135 Å². The van der Waals surface area contributed by atoms with E-state index in [-0.39, 0.29) is 6.04 Å². The number of para-hydroxylation sites is 1. The summed E-state index contributed by atoms with van der Waals surface area (Å²) >= 11 is 9.76. The second kappa shape index (κ2) is 10.6. The first-order valence-electron chi connectivity index (χ1n) is 12.5. The zero-order valence-electron chi connectivity index (χ0n) is 20.1. The van der Waals surface area contributed by atoms with Gasteiger partial charge in [0.1, 0.15) is 12.4 Å². The maximum absolute atomic E-state index is 6.29. The van der Waals surface area contributed by atoms with Crippen molar-refractivity contribution in [1.82, 2.24) is 0 Å². The average Bonchev–Trinajstić information content (AvgIpc) is 3.43. The van der Waals surface area contributed by atoms with Crippen LogP contribution in [0.1, 0.15) is 40.6 Å². The first kappa shape index (κ1) is 24.0. The topological polar surface area (TPSA) is 33.6 Å². The molecule has 1 aliphatic heterocycles. The van der Waals surface area contributed by atoms with Crippen LogP contribution in [0, 0.1) is 5.92 Å². The molecule has 4 aromatic carbocycles. The van der Waals surface area contributed by atoms with Crippen LogP contribution in [0.15, 0.2) is 113 Å². The molecule has 3 atom stereocenters. The lowest BCUT2D eigenvalue weighted by Gasteiger charge is -2.37. The van der Waals surface area contributed by atoms with Crippen LogP contribution < -0.4 is 10.1 Å². The van der Waals surface area contributed by atoms with Crippen LogP contribution in [-0.4, -0.2) is 6.21 Å². The summed E-state index contributed by atoms with van der Waals surface area (Å²) in [6, 6.07) is 31.2. The standard InChI is InChI=1S/C32H26BrClN2O/c33-24-12-8-21(9-13-24)20-37-31-17-14-25(34)18-23(31)19-35-26-15-10-22(11-16-26)32-29-6-3-5-27(29)28-4-1-2-7-30(28)36-32/h1-5,7-19,27,29,32,36H,6,20H2/t27-,29-,32+/m1/s1. The number of anilines is 1. The van der Waals surface area contributed by atoms with E-state index in [1.165, 1.54) is 16.8 Å². The van der Waals surface area contributed by atoms with E-state index in [9.17, 15) is 0 Å². The quantitative estimate of drug-likeness (QED) is 0.185. The third kappa shape index (κ3) is 5.22.